The molecule has 0 spiro atoms. The Morgan fingerprint density at radius 2 is 2.07 bits per heavy atom. The first-order valence-electron chi connectivity index (χ1n) is 9.81. The molecular formula is C20H23N7O2S. The van der Waals surface area contributed by atoms with Crippen molar-refractivity contribution in [3.8, 4) is 0 Å². The maximum atomic E-state index is 11.7. The molecule has 2 aliphatic rings. The zero-order valence-corrected chi connectivity index (χ0v) is 17.2. The van der Waals surface area contributed by atoms with Crippen LogP contribution in [-0.2, 0) is 11.3 Å². The molecular weight excluding hydrogens is 402 g/mol. The minimum Gasteiger partial charge on any atom is -0.397 e. The number of anilines is 2. The standard InChI is InChI=1S/C20H23N7O2S/c21-15-2-1-6-23-16(15)12-22-11-13-4-8-27(9-5-13)19-24-7-3-14(25-19)10-17-18(28)26-20(29)30-17/h1-3,6-7,10,13,22H,4-5,8-9,11-12,21H2,(H,26,28,29)/b17-10-. The van der Waals surface area contributed by atoms with Crippen molar-refractivity contribution in [1.82, 2.24) is 25.6 Å². The van der Waals surface area contributed by atoms with Crippen LogP contribution in [-0.4, -0.2) is 45.7 Å². The van der Waals surface area contributed by atoms with Crippen LogP contribution in [0.1, 0.15) is 24.2 Å². The Morgan fingerprint density at radius 3 is 2.80 bits per heavy atom. The van der Waals surface area contributed by atoms with Gasteiger partial charge in [-0.15, -0.1) is 0 Å². The fourth-order valence-corrected chi connectivity index (χ4v) is 4.15. The Morgan fingerprint density at radius 1 is 1.23 bits per heavy atom. The van der Waals surface area contributed by atoms with Gasteiger partial charge < -0.3 is 16.0 Å². The normalized spacial score (nSPS) is 18.8. The quantitative estimate of drug-likeness (QED) is 0.594. The van der Waals surface area contributed by atoms with Gasteiger partial charge in [0.1, 0.15) is 0 Å². The number of amides is 2. The zero-order valence-electron chi connectivity index (χ0n) is 16.4. The Kier molecular flexibility index (Phi) is 6.24. The van der Waals surface area contributed by atoms with Crippen LogP contribution in [0.3, 0.4) is 0 Å². The third-order valence-electron chi connectivity index (χ3n) is 5.13. The first-order chi connectivity index (χ1) is 14.6. The van der Waals surface area contributed by atoms with Gasteiger partial charge in [0, 0.05) is 32.0 Å². The van der Waals surface area contributed by atoms with Crippen molar-refractivity contribution in [1.29, 1.82) is 0 Å². The van der Waals surface area contributed by atoms with Gasteiger partial charge in [-0.25, -0.2) is 9.97 Å². The number of carbonyl (C=O) groups is 2. The molecule has 2 aliphatic heterocycles. The van der Waals surface area contributed by atoms with E-state index in [-0.39, 0.29) is 11.1 Å². The van der Waals surface area contributed by atoms with Gasteiger partial charge in [-0.2, -0.15) is 0 Å². The Bertz CT molecular complexity index is 973. The van der Waals surface area contributed by atoms with Crippen LogP contribution in [0, 0.1) is 5.92 Å². The largest absolute Gasteiger partial charge is 0.397 e. The number of hydrogen-bond acceptors (Lipinski definition) is 9. The molecule has 0 aliphatic carbocycles. The number of piperidine rings is 1. The highest BCUT2D eigenvalue weighted by atomic mass is 32.2. The first kappa shape index (κ1) is 20.3. The number of thioether (sulfide) groups is 1. The average molecular weight is 426 g/mol. The predicted molar refractivity (Wildman–Crippen MR) is 116 cm³/mol. The Balaban J connectivity index is 1.29. The van der Waals surface area contributed by atoms with Crippen LogP contribution in [0.25, 0.3) is 6.08 Å². The van der Waals surface area contributed by atoms with Crippen LogP contribution in [0.4, 0.5) is 16.4 Å². The maximum absolute atomic E-state index is 11.7. The van der Waals surface area contributed by atoms with Crippen molar-refractivity contribution >= 4 is 40.6 Å². The van der Waals surface area contributed by atoms with Gasteiger partial charge in [-0.3, -0.25) is 19.9 Å². The summed E-state index contributed by atoms with van der Waals surface area (Å²) in [6.45, 7) is 3.32. The van der Waals surface area contributed by atoms with E-state index in [2.05, 4.69) is 30.5 Å². The summed E-state index contributed by atoms with van der Waals surface area (Å²) in [6, 6.07) is 5.43. The molecule has 4 N–H and O–H groups in total. The van der Waals surface area contributed by atoms with E-state index >= 15 is 0 Å². The van der Waals surface area contributed by atoms with Crippen molar-refractivity contribution < 1.29 is 9.59 Å². The number of rotatable bonds is 6. The molecule has 2 fully saturated rings. The highest BCUT2D eigenvalue weighted by Gasteiger charge is 2.25. The molecule has 2 aromatic rings. The summed E-state index contributed by atoms with van der Waals surface area (Å²) >= 11 is 0.885. The lowest BCUT2D eigenvalue weighted by molar-refractivity contribution is -0.115. The molecule has 10 heteroatoms. The van der Waals surface area contributed by atoms with E-state index in [1.165, 1.54) is 0 Å². The number of nitrogen functional groups attached to an aromatic ring is 1. The lowest BCUT2D eigenvalue weighted by Gasteiger charge is -2.32. The highest BCUT2D eigenvalue weighted by molar-refractivity contribution is 8.18. The van der Waals surface area contributed by atoms with Crippen molar-refractivity contribution in [2.24, 2.45) is 5.92 Å². The van der Waals surface area contributed by atoms with Crippen LogP contribution in [0.5, 0.6) is 0 Å². The van der Waals surface area contributed by atoms with Crippen molar-refractivity contribution in [2.45, 2.75) is 19.4 Å². The summed E-state index contributed by atoms with van der Waals surface area (Å²) < 4.78 is 0. The third-order valence-corrected chi connectivity index (χ3v) is 5.94. The summed E-state index contributed by atoms with van der Waals surface area (Å²) in [6.07, 6.45) is 7.12. The van der Waals surface area contributed by atoms with Crippen LogP contribution in [0.2, 0.25) is 0 Å². The van der Waals surface area contributed by atoms with Crippen LogP contribution >= 0.6 is 11.8 Å². The number of nitrogens with one attached hydrogen (secondary N) is 2. The number of aromatic nitrogens is 3. The van der Waals surface area contributed by atoms with Gasteiger partial charge in [-0.1, -0.05) is 0 Å². The Labute approximate surface area is 178 Å². The molecule has 30 heavy (non-hydrogen) atoms. The number of hydrogen-bond donors (Lipinski definition) is 3. The maximum Gasteiger partial charge on any atom is 0.290 e. The van der Waals surface area contributed by atoms with Crippen molar-refractivity contribution in [3.05, 3.63) is 46.9 Å². The fraction of sp³-hybridized carbons (Fsp3) is 0.350. The van der Waals surface area contributed by atoms with E-state index < -0.39 is 0 Å². The van der Waals surface area contributed by atoms with Gasteiger partial charge in [0.15, 0.2) is 0 Å². The molecule has 2 saturated heterocycles. The zero-order chi connectivity index (χ0) is 20.9. The van der Waals surface area contributed by atoms with Gasteiger partial charge in [0.2, 0.25) is 5.95 Å². The number of nitrogens with two attached hydrogens (primary N) is 1. The van der Waals surface area contributed by atoms with E-state index in [0.29, 0.717) is 34.7 Å². The first-order valence-corrected chi connectivity index (χ1v) is 10.6. The molecule has 4 heterocycles. The highest BCUT2D eigenvalue weighted by Crippen LogP contribution is 2.26. The Hall–Kier alpha value is -2.98. The fourth-order valence-electron chi connectivity index (χ4n) is 3.48. The second-order valence-electron chi connectivity index (χ2n) is 7.23. The van der Waals surface area contributed by atoms with Crippen molar-refractivity contribution in [2.75, 3.05) is 30.3 Å². The molecule has 9 nitrogen and oxygen atoms in total. The molecule has 0 radical (unpaired) electrons. The second kappa shape index (κ2) is 9.23. The number of carbonyl (C=O) groups excluding carboxylic acids is 2. The molecule has 0 bridgehead atoms. The predicted octanol–water partition coefficient (Wildman–Crippen LogP) is 1.78. The molecule has 2 aromatic heterocycles. The SMILES string of the molecule is Nc1cccnc1CNCC1CCN(c2nccc(/C=C3\SC(=O)NC3=O)n2)CC1. The lowest BCUT2D eigenvalue weighted by Crippen LogP contribution is -2.38. The van der Waals surface area contributed by atoms with E-state index in [1.807, 2.05) is 12.1 Å². The van der Waals surface area contributed by atoms with Gasteiger partial charge in [-0.05, 0) is 61.3 Å². The van der Waals surface area contributed by atoms with Gasteiger partial charge >= 0.3 is 0 Å². The molecule has 4 rings (SSSR count). The molecule has 156 valence electrons. The number of pyridine rings is 1. The monoisotopic (exact) mass is 425 g/mol. The second-order valence-corrected chi connectivity index (χ2v) is 8.25. The molecule has 0 saturated carbocycles. The lowest BCUT2D eigenvalue weighted by atomic mass is 9.97. The van der Waals surface area contributed by atoms with E-state index in [4.69, 9.17) is 5.73 Å². The van der Waals surface area contributed by atoms with Gasteiger partial charge in [0.25, 0.3) is 11.1 Å². The molecule has 2 amide bonds. The molecule has 0 aromatic carbocycles. The minimum absolute atomic E-state index is 0.350. The topological polar surface area (TPSA) is 126 Å². The van der Waals surface area contributed by atoms with Crippen LogP contribution < -0.4 is 21.3 Å². The van der Waals surface area contributed by atoms with Crippen molar-refractivity contribution in [3.63, 3.8) is 0 Å². The minimum atomic E-state index is -0.383. The van der Waals surface area contributed by atoms with E-state index in [1.54, 1.807) is 24.5 Å². The smallest absolute Gasteiger partial charge is 0.290 e. The molecule has 0 unspecified atom stereocenters. The summed E-state index contributed by atoms with van der Waals surface area (Å²) in [4.78, 5) is 38.8. The number of imide groups is 1. The average Bonchev–Trinajstić information content (AvgIpc) is 3.07. The van der Waals surface area contributed by atoms with E-state index in [0.717, 1.165) is 49.9 Å². The number of nitrogens with zero attached hydrogens (tertiary/aromatic N) is 4. The van der Waals surface area contributed by atoms with Crippen LogP contribution in [0.15, 0.2) is 35.5 Å². The molecule has 0 atom stereocenters. The summed E-state index contributed by atoms with van der Waals surface area (Å²) in [7, 11) is 0. The van der Waals surface area contributed by atoms with Gasteiger partial charge in [0.05, 0.1) is 22.0 Å². The summed E-state index contributed by atoms with van der Waals surface area (Å²) in [5, 5.41) is 5.34. The van der Waals surface area contributed by atoms with E-state index in [9.17, 15) is 9.59 Å². The summed E-state index contributed by atoms with van der Waals surface area (Å²) in [5.74, 6) is 0.832. The summed E-state index contributed by atoms with van der Waals surface area (Å²) in [5.41, 5.74) is 8.14. The third kappa shape index (κ3) is 4.95.